The molecule has 2 atom stereocenters. The molecule has 1 rings (SSSR count). The van der Waals surface area contributed by atoms with E-state index in [1.165, 1.54) is 13.8 Å². The monoisotopic (exact) mass is 281 g/mol. The third-order valence-electron chi connectivity index (χ3n) is 3.49. The first-order valence-corrected chi connectivity index (χ1v) is 6.18. The highest BCUT2D eigenvalue weighted by molar-refractivity contribution is 5.87. The van der Waals surface area contributed by atoms with Gasteiger partial charge in [0.2, 0.25) is 5.91 Å². The first kappa shape index (κ1) is 15.8. The fraction of sp³-hybridized carbons (Fsp3) is 0.833. The predicted octanol–water partition coefficient (Wildman–Crippen LogP) is 2.33. The number of hydrogen-bond acceptors (Lipinski definition) is 2. The number of hydrogen-bond donors (Lipinski definition) is 2. The maximum absolute atomic E-state index is 12.8. The number of amides is 1. The lowest BCUT2D eigenvalue weighted by atomic mass is 9.78. The summed E-state index contributed by atoms with van der Waals surface area (Å²) < 4.78 is 38.5. The fourth-order valence-corrected chi connectivity index (χ4v) is 2.29. The van der Waals surface area contributed by atoms with Crippen molar-refractivity contribution in [2.75, 3.05) is 0 Å². The van der Waals surface area contributed by atoms with Crippen LogP contribution in [0.15, 0.2) is 0 Å². The minimum absolute atomic E-state index is 0.0743. The Kier molecular flexibility index (Phi) is 4.47. The summed E-state index contributed by atoms with van der Waals surface area (Å²) in [6, 6.07) is 0. The van der Waals surface area contributed by atoms with Crippen molar-refractivity contribution in [3.8, 4) is 0 Å². The van der Waals surface area contributed by atoms with Gasteiger partial charge in [0, 0.05) is 5.92 Å². The standard InChI is InChI=1S/C12H18F3NO3/c1-11(2,10(18)19)16-9(17)7-5-3-4-6-8(7)12(13,14)15/h7-8H,3-6H2,1-2H3,(H,16,17)(H,18,19). The number of halogens is 3. The van der Waals surface area contributed by atoms with E-state index in [4.69, 9.17) is 5.11 Å². The third kappa shape index (κ3) is 3.84. The minimum atomic E-state index is -4.42. The average Bonchev–Trinajstić information content (AvgIpc) is 2.27. The summed E-state index contributed by atoms with van der Waals surface area (Å²) in [4.78, 5) is 22.8. The van der Waals surface area contributed by atoms with Crippen LogP contribution in [0.2, 0.25) is 0 Å². The molecule has 4 nitrogen and oxygen atoms in total. The first-order chi connectivity index (χ1) is 8.55. The molecule has 1 aliphatic carbocycles. The Balaban J connectivity index is 2.81. The Morgan fingerprint density at radius 1 is 1.16 bits per heavy atom. The van der Waals surface area contributed by atoms with Crippen molar-refractivity contribution >= 4 is 11.9 Å². The van der Waals surface area contributed by atoms with Crippen LogP contribution in [0.1, 0.15) is 39.5 Å². The second-order valence-electron chi connectivity index (χ2n) is 5.46. The van der Waals surface area contributed by atoms with Crippen LogP contribution in [0, 0.1) is 11.8 Å². The number of rotatable bonds is 3. The topological polar surface area (TPSA) is 66.4 Å². The summed E-state index contributed by atoms with van der Waals surface area (Å²) in [5.41, 5.74) is -1.56. The quantitative estimate of drug-likeness (QED) is 0.834. The van der Waals surface area contributed by atoms with Gasteiger partial charge in [-0.25, -0.2) is 4.79 Å². The zero-order valence-electron chi connectivity index (χ0n) is 10.9. The Bertz CT molecular complexity index is 366. The van der Waals surface area contributed by atoms with Crippen LogP contribution in [0.4, 0.5) is 13.2 Å². The smallest absolute Gasteiger partial charge is 0.392 e. The van der Waals surface area contributed by atoms with Gasteiger partial charge in [-0.2, -0.15) is 13.2 Å². The molecule has 1 fully saturated rings. The van der Waals surface area contributed by atoms with Crippen molar-refractivity contribution in [3.63, 3.8) is 0 Å². The maximum Gasteiger partial charge on any atom is 0.392 e. The van der Waals surface area contributed by atoms with Gasteiger partial charge in [0.05, 0.1) is 5.92 Å². The van der Waals surface area contributed by atoms with E-state index < -0.39 is 35.4 Å². The Labute approximate surface area is 109 Å². The van der Waals surface area contributed by atoms with Crippen molar-refractivity contribution in [1.82, 2.24) is 5.32 Å². The van der Waals surface area contributed by atoms with E-state index in [0.717, 1.165) is 0 Å². The maximum atomic E-state index is 12.8. The van der Waals surface area contributed by atoms with Crippen molar-refractivity contribution in [1.29, 1.82) is 0 Å². The highest BCUT2D eigenvalue weighted by Gasteiger charge is 2.48. The molecule has 0 aromatic carbocycles. The molecule has 0 aromatic rings. The number of carbonyl (C=O) groups is 2. The molecule has 0 saturated heterocycles. The van der Waals surface area contributed by atoms with Crippen molar-refractivity contribution < 1.29 is 27.9 Å². The Hall–Kier alpha value is -1.27. The number of carboxylic acids is 1. The molecule has 0 bridgehead atoms. The van der Waals surface area contributed by atoms with Crippen LogP contribution < -0.4 is 5.32 Å². The van der Waals surface area contributed by atoms with Gasteiger partial charge in [0.25, 0.3) is 0 Å². The van der Waals surface area contributed by atoms with Crippen LogP contribution in [0.5, 0.6) is 0 Å². The van der Waals surface area contributed by atoms with E-state index in [-0.39, 0.29) is 12.8 Å². The van der Waals surface area contributed by atoms with E-state index >= 15 is 0 Å². The zero-order chi connectivity index (χ0) is 14.8. The molecule has 0 radical (unpaired) electrons. The van der Waals surface area contributed by atoms with Crippen LogP contribution in [-0.2, 0) is 9.59 Å². The first-order valence-electron chi connectivity index (χ1n) is 6.18. The van der Waals surface area contributed by atoms with Gasteiger partial charge in [-0.05, 0) is 26.7 Å². The number of alkyl halides is 3. The van der Waals surface area contributed by atoms with Gasteiger partial charge in [0.15, 0.2) is 0 Å². The Morgan fingerprint density at radius 2 is 1.68 bits per heavy atom. The van der Waals surface area contributed by atoms with E-state index in [1.807, 2.05) is 0 Å². The molecular formula is C12H18F3NO3. The molecule has 1 amide bonds. The normalized spacial score (nSPS) is 24.9. The molecule has 0 spiro atoms. The molecule has 19 heavy (non-hydrogen) atoms. The van der Waals surface area contributed by atoms with Crippen LogP contribution in [-0.4, -0.2) is 28.7 Å². The number of carboxylic acid groups (broad SMARTS) is 1. The number of nitrogens with one attached hydrogen (secondary N) is 1. The van der Waals surface area contributed by atoms with E-state index in [0.29, 0.717) is 12.8 Å². The lowest BCUT2D eigenvalue weighted by molar-refractivity contribution is -0.198. The lowest BCUT2D eigenvalue weighted by Crippen LogP contribution is -2.53. The molecule has 1 aliphatic rings. The second kappa shape index (κ2) is 5.38. The predicted molar refractivity (Wildman–Crippen MR) is 61.4 cm³/mol. The van der Waals surface area contributed by atoms with Crippen LogP contribution >= 0.6 is 0 Å². The average molecular weight is 281 g/mol. The number of carbonyl (C=O) groups excluding carboxylic acids is 1. The zero-order valence-corrected chi connectivity index (χ0v) is 10.9. The molecule has 0 heterocycles. The van der Waals surface area contributed by atoms with E-state index in [1.54, 1.807) is 0 Å². The molecule has 0 aromatic heterocycles. The molecule has 110 valence electrons. The van der Waals surface area contributed by atoms with Gasteiger partial charge in [-0.15, -0.1) is 0 Å². The SMILES string of the molecule is CC(C)(NC(=O)C1CCCCC1C(F)(F)F)C(=O)O. The molecule has 2 unspecified atom stereocenters. The second-order valence-corrected chi connectivity index (χ2v) is 5.46. The largest absolute Gasteiger partial charge is 0.480 e. The summed E-state index contributed by atoms with van der Waals surface area (Å²) in [5, 5.41) is 11.1. The van der Waals surface area contributed by atoms with Crippen LogP contribution in [0.25, 0.3) is 0 Å². The molecule has 0 aliphatic heterocycles. The van der Waals surface area contributed by atoms with E-state index in [2.05, 4.69) is 5.32 Å². The summed E-state index contributed by atoms with van der Waals surface area (Å²) in [7, 11) is 0. The summed E-state index contributed by atoms with van der Waals surface area (Å²) in [5.74, 6) is -4.96. The van der Waals surface area contributed by atoms with Crippen molar-refractivity contribution in [2.45, 2.75) is 51.2 Å². The van der Waals surface area contributed by atoms with Gasteiger partial charge in [-0.1, -0.05) is 12.8 Å². The summed E-state index contributed by atoms with van der Waals surface area (Å²) in [6.45, 7) is 2.50. The summed E-state index contributed by atoms with van der Waals surface area (Å²) >= 11 is 0. The van der Waals surface area contributed by atoms with Crippen molar-refractivity contribution in [3.05, 3.63) is 0 Å². The lowest BCUT2D eigenvalue weighted by Gasteiger charge is -2.34. The van der Waals surface area contributed by atoms with Gasteiger partial charge in [0.1, 0.15) is 5.54 Å². The minimum Gasteiger partial charge on any atom is -0.480 e. The van der Waals surface area contributed by atoms with Gasteiger partial charge in [-0.3, -0.25) is 4.79 Å². The molecule has 2 N–H and O–H groups in total. The van der Waals surface area contributed by atoms with E-state index in [9.17, 15) is 22.8 Å². The highest BCUT2D eigenvalue weighted by atomic mass is 19.4. The van der Waals surface area contributed by atoms with Crippen LogP contribution in [0.3, 0.4) is 0 Å². The van der Waals surface area contributed by atoms with Gasteiger partial charge < -0.3 is 10.4 Å². The fourth-order valence-electron chi connectivity index (χ4n) is 2.29. The molecular weight excluding hydrogens is 263 g/mol. The van der Waals surface area contributed by atoms with Crippen molar-refractivity contribution in [2.24, 2.45) is 11.8 Å². The highest BCUT2D eigenvalue weighted by Crippen LogP contribution is 2.41. The number of aliphatic carboxylic acids is 1. The Morgan fingerprint density at radius 3 is 2.16 bits per heavy atom. The van der Waals surface area contributed by atoms with Gasteiger partial charge >= 0.3 is 12.1 Å². The molecule has 7 heteroatoms. The molecule has 1 saturated carbocycles. The third-order valence-corrected chi connectivity index (χ3v) is 3.49. The summed E-state index contributed by atoms with van der Waals surface area (Å²) in [6.07, 6.45) is -3.36.